The zero-order chi connectivity index (χ0) is 12.6. The molecule has 0 fully saturated rings. The Labute approximate surface area is 98.7 Å². The number of hydrogen-bond acceptors (Lipinski definition) is 3. The van der Waals surface area contributed by atoms with Gasteiger partial charge in [0.05, 0.1) is 26.7 Å². The van der Waals surface area contributed by atoms with E-state index in [4.69, 9.17) is 4.74 Å². The van der Waals surface area contributed by atoms with E-state index < -0.39 is 0 Å². The number of nitrogens with one attached hydrogen (secondary N) is 2. The van der Waals surface area contributed by atoms with Crippen LogP contribution in [0.2, 0.25) is 0 Å². The minimum absolute atomic E-state index is 0.0601. The van der Waals surface area contributed by atoms with E-state index in [1.807, 2.05) is 13.8 Å². The normalized spacial score (nSPS) is 11.2. The third-order valence-electron chi connectivity index (χ3n) is 2.10. The van der Waals surface area contributed by atoms with E-state index >= 15 is 0 Å². The number of carbonyl (C=O) groups excluding carboxylic acids is 1. The van der Waals surface area contributed by atoms with Gasteiger partial charge in [0, 0.05) is 19.6 Å². The van der Waals surface area contributed by atoms with Gasteiger partial charge in [0.2, 0.25) is 0 Å². The van der Waals surface area contributed by atoms with Crippen LogP contribution in [0.5, 0.6) is 0 Å². The minimum atomic E-state index is -0.332. The van der Waals surface area contributed by atoms with Crippen molar-refractivity contribution in [1.29, 1.82) is 0 Å². The SMILES string of the molecule is CC(C)OC(=O)NCCN(C)CC[NH+](C)C. The van der Waals surface area contributed by atoms with Crippen LogP contribution in [0.15, 0.2) is 0 Å². The first kappa shape index (κ1) is 15.2. The van der Waals surface area contributed by atoms with E-state index in [1.165, 1.54) is 4.90 Å². The lowest BCUT2D eigenvalue weighted by Crippen LogP contribution is -3.06. The summed E-state index contributed by atoms with van der Waals surface area (Å²) < 4.78 is 4.96. The van der Waals surface area contributed by atoms with Crippen LogP contribution in [0, 0.1) is 0 Å². The number of alkyl carbamates (subject to hydrolysis) is 1. The molecule has 0 aliphatic rings. The maximum absolute atomic E-state index is 11.1. The second-order valence-corrected chi connectivity index (χ2v) is 4.64. The van der Waals surface area contributed by atoms with Crippen LogP contribution in [0.4, 0.5) is 4.79 Å². The van der Waals surface area contributed by atoms with Crippen molar-refractivity contribution in [3.63, 3.8) is 0 Å². The molecule has 16 heavy (non-hydrogen) atoms. The first-order valence-electron chi connectivity index (χ1n) is 5.84. The van der Waals surface area contributed by atoms with Gasteiger partial charge in [-0.2, -0.15) is 0 Å². The molecule has 0 rings (SSSR count). The highest BCUT2D eigenvalue weighted by molar-refractivity contribution is 5.67. The lowest BCUT2D eigenvalue weighted by atomic mass is 10.5. The third kappa shape index (κ3) is 9.73. The molecule has 1 amide bonds. The van der Waals surface area contributed by atoms with E-state index in [-0.39, 0.29) is 12.2 Å². The van der Waals surface area contributed by atoms with Crippen molar-refractivity contribution in [2.24, 2.45) is 0 Å². The number of quaternary nitrogens is 1. The standard InChI is InChI=1S/C11H25N3O2/c1-10(2)16-11(15)12-6-7-14(5)9-8-13(3)4/h10H,6-9H2,1-5H3,(H,12,15)/p+1. The fraction of sp³-hybridized carbons (Fsp3) is 0.909. The summed E-state index contributed by atoms with van der Waals surface area (Å²) in [7, 11) is 6.32. The molecule has 0 saturated heterocycles. The summed E-state index contributed by atoms with van der Waals surface area (Å²) in [4.78, 5) is 14.8. The summed E-state index contributed by atoms with van der Waals surface area (Å²) in [5.74, 6) is 0. The molecule has 0 aliphatic heterocycles. The predicted octanol–water partition coefficient (Wildman–Crippen LogP) is -0.803. The van der Waals surface area contributed by atoms with Gasteiger partial charge in [-0.25, -0.2) is 4.79 Å². The van der Waals surface area contributed by atoms with Gasteiger partial charge in [-0.05, 0) is 20.9 Å². The Bertz CT molecular complexity index is 196. The Morgan fingerprint density at radius 3 is 2.50 bits per heavy atom. The maximum atomic E-state index is 11.1. The monoisotopic (exact) mass is 232 g/mol. The van der Waals surface area contributed by atoms with Crippen molar-refractivity contribution in [3.05, 3.63) is 0 Å². The highest BCUT2D eigenvalue weighted by Gasteiger charge is 2.05. The first-order valence-corrected chi connectivity index (χ1v) is 5.84. The molecule has 5 nitrogen and oxygen atoms in total. The molecule has 96 valence electrons. The summed E-state index contributed by atoms with van der Waals surface area (Å²) in [6.45, 7) is 7.29. The van der Waals surface area contributed by atoms with Gasteiger partial charge < -0.3 is 15.0 Å². The van der Waals surface area contributed by atoms with Crippen LogP contribution >= 0.6 is 0 Å². The quantitative estimate of drug-likeness (QED) is 0.604. The molecule has 0 saturated carbocycles. The van der Waals surface area contributed by atoms with E-state index in [0.29, 0.717) is 6.54 Å². The molecule has 0 aliphatic carbocycles. The Balaban J connectivity index is 3.46. The van der Waals surface area contributed by atoms with Gasteiger partial charge in [-0.1, -0.05) is 0 Å². The van der Waals surface area contributed by atoms with E-state index in [1.54, 1.807) is 0 Å². The summed E-state index contributed by atoms with van der Waals surface area (Å²) >= 11 is 0. The van der Waals surface area contributed by atoms with Crippen molar-refractivity contribution in [2.45, 2.75) is 20.0 Å². The smallest absolute Gasteiger partial charge is 0.407 e. The third-order valence-corrected chi connectivity index (χ3v) is 2.10. The molecular weight excluding hydrogens is 206 g/mol. The van der Waals surface area contributed by atoms with Gasteiger partial charge in [-0.15, -0.1) is 0 Å². The number of carbonyl (C=O) groups is 1. The van der Waals surface area contributed by atoms with E-state index in [9.17, 15) is 4.79 Å². The molecule has 2 N–H and O–H groups in total. The van der Waals surface area contributed by atoms with Crippen LogP contribution in [0.1, 0.15) is 13.8 Å². The molecule has 0 heterocycles. The van der Waals surface area contributed by atoms with E-state index in [2.05, 4.69) is 31.4 Å². The Morgan fingerprint density at radius 2 is 2.00 bits per heavy atom. The Morgan fingerprint density at radius 1 is 1.38 bits per heavy atom. The number of hydrogen-bond donors (Lipinski definition) is 2. The number of likely N-dealkylation sites (N-methyl/N-ethyl adjacent to an activating group) is 2. The Kier molecular flexibility index (Phi) is 7.93. The zero-order valence-electron chi connectivity index (χ0n) is 11.2. The molecule has 0 spiro atoms. The molecule has 0 unspecified atom stereocenters. The van der Waals surface area contributed by atoms with E-state index in [0.717, 1.165) is 19.6 Å². The van der Waals surface area contributed by atoms with Gasteiger partial charge in [0.25, 0.3) is 0 Å². The highest BCUT2D eigenvalue weighted by atomic mass is 16.6. The summed E-state index contributed by atoms with van der Waals surface area (Å²) in [5, 5.41) is 2.72. The number of rotatable bonds is 7. The average molecular weight is 232 g/mol. The van der Waals surface area contributed by atoms with Crippen LogP contribution in [0.25, 0.3) is 0 Å². The fourth-order valence-corrected chi connectivity index (χ4v) is 1.13. The fourth-order valence-electron chi connectivity index (χ4n) is 1.13. The second kappa shape index (κ2) is 8.35. The average Bonchev–Trinajstić information content (AvgIpc) is 2.13. The molecular formula is C11H26N3O2+. The molecule has 0 radical (unpaired) electrons. The molecule has 5 heteroatoms. The first-order chi connectivity index (χ1) is 7.41. The van der Waals surface area contributed by atoms with Crippen molar-refractivity contribution in [2.75, 3.05) is 47.3 Å². The van der Waals surface area contributed by atoms with Crippen LogP contribution in [-0.2, 0) is 4.74 Å². The summed E-state index contributed by atoms with van der Waals surface area (Å²) in [5.41, 5.74) is 0. The topological polar surface area (TPSA) is 46.0 Å². The number of ether oxygens (including phenoxy) is 1. The molecule has 0 aromatic carbocycles. The van der Waals surface area contributed by atoms with Crippen molar-refractivity contribution >= 4 is 6.09 Å². The molecule has 0 bridgehead atoms. The Hall–Kier alpha value is -0.810. The zero-order valence-corrected chi connectivity index (χ0v) is 11.2. The maximum Gasteiger partial charge on any atom is 0.407 e. The second-order valence-electron chi connectivity index (χ2n) is 4.64. The summed E-state index contributed by atoms with van der Waals surface area (Å²) in [6.07, 6.45) is -0.392. The largest absolute Gasteiger partial charge is 0.447 e. The summed E-state index contributed by atoms with van der Waals surface area (Å²) in [6, 6.07) is 0. The lowest BCUT2D eigenvalue weighted by molar-refractivity contribution is -0.857. The predicted molar refractivity (Wildman–Crippen MR) is 64.8 cm³/mol. The van der Waals surface area contributed by atoms with Gasteiger partial charge in [0.15, 0.2) is 0 Å². The number of amides is 1. The van der Waals surface area contributed by atoms with Crippen LogP contribution in [-0.4, -0.2) is 64.4 Å². The minimum Gasteiger partial charge on any atom is -0.447 e. The van der Waals surface area contributed by atoms with Crippen LogP contribution in [0.3, 0.4) is 0 Å². The number of nitrogens with zero attached hydrogens (tertiary/aromatic N) is 1. The van der Waals surface area contributed by atoms with Crippen LogP contribution < -0.4 is 10.2 Å². The van der Waals surface area contributed by atoms with Gasteiger partial charge in [0.1, 0.15) is 0 Å². The van der Waals surface area contributed by atoms with Gasteiger partial charge in [-0.3, -0.25) is 4.90 Å². The van der Waals surface area contributed by atoms with Crippen molar-refractivity contribution in [1.82, 2.24) is 10.2 Å². The van der Waals surface area contributed by atoms with Crippen molar-refractivity contribution in [3.8, 4) is 0 Å². The molecule has 0 aromatic rings. The van der Waals surface area contributed by atoms with Gasteiger partial charge >= 0.3 is 6.09 Å². The molecule has 0 atom stereocenters. The van der Waals surface area contributed by atoms with Crippen molar-refractivity contribution < 1.29 is 14.4 Å². The highest BCUT2D eigenvalue weighted by Crippen LogP contribution is 1.87. The lowest BCUT2D eigenvalue weighted by Gasteiger charge is -2.18. The molecule has 0 aromatic heterocycles.